The molecule has 1 fully saturated rings. The van der Waals surface area contributed by atoms with Crippen molar-refractivity contribution in [3.63, 3.8) is 0 Å². The minimum absolute atomic E-state index is 0. The number of halogens is 2. The largest absolute Gasteiger partial charge is 0.366 e. The molecule has 0 bridgehead atoms. The average molecular weight is 573 g/mol. The number of hydrogen-bond donors (Lipinski definition) is 1. The van der Waals surface area contributed by atoms with Crippen molar-refractivity contribution in [1.29, 1.82) is 0 Å². The van der Waals surface area contributed by atoms with E-state index in [1.807, 2.05) is 47.4 Å². The van der Waals surface area contributed by atoms with E-state index in [0.717, 1.165) is 42.1 Å². The zero-order valence-corrected chi connectivity index (χ0v) is 24.3. The number of hydrogen-bond acceptors (Lipinski definition) is 4. The number of nitrogens with one attached hydrogen (secondary N) is 1. The molecule has 1 N–H and O–H groups in total. The summed E-state index contributed by atoms with van der Waals surface area (Å²) in [4.78, 5) is 19.7. The fourth-order valence-corrected chi connectivity index (χ4v) is 5.66. The quantitative estimate of drug-likeness (QED) is 0.344. The maximum absolute atomic E-state index is 13.1. The molecule has 1 saturated carbocycles. The van der Waals surface area contributed by atoms with Gasteiger partial charge in [0.05, 0.1) is 24.0 Å². The van der Waals surface area contributed by atoms with Gasteiger partial charge in [0.1, 0.15) is 5.82 Å². The second kappa shape index (κ2) is 12.4. The zero-order chi connectivity index (χ0) is 25.0. The molecular formula is C30H39BrClN3O. The van der Waals surface area contributed by atoms with Crippen LogP contribution < -0.4 is 5.32 Å². The first kappa shape index (κ1) is 28.5. The molecular weight excluding hydrogens is 534 g/mol. The van der Waals surface area contributed by atoms with E-state index >= 15 is 0 Å². The highest BCUT2D eigenvalue weighted by Gasteiger charge is 2.32. The highest BCUT2D eigenvalue weighted by molar-refractivity contribution is 8.93. The van der Waals surface area contributed by atoms with Gasteiger partial charge in [0.15, 0.2) is 5.78 Å². The van der Waals surface area contributed by atoms with Crippen LogP contribution in [0.1, 0.15) is 70.2 Å². The second-order valence-electron chi connectivity index (χ2n) is 11.0. The Morgan fingerprint density at radius 3 is 2.19 bits per heavy atom. The molecule has 1 atom stereocenters. The first-order chi connectivity index (χ1) is 16.8. The Balaban J connectivity index is 0.00000361. The van der Waals surface area contributed by atoms with Gasteiger partial charge in [-0.2, -0.15) is 0 Å². The van der Waals surface area contributed by atoms with Crippen molar-refractivity contribution in [3.05, 3.63) is 71.0 Å². The van der Waals surface area contributed by atoms with Crippen LogP contribution in [0, 0.1) is 11.3 Å². The van der Waals surface area contributed by atoms with E-state index in [4.69, 9.17) is 11.6 Å². The summed E-state index contributed by atoms with van der Waals surface area (Å²) in [6.45, 7) is 9.39. The predicted octanol–water partition coefficient (Wildman–Crippen LogP) is 7.84. The van der Waals surface area contributed by atoms with Crippen molar-refractivity contribution >= 4 is 40.7 Å². The third kappa shape index (κ3) is 6.80. The van der Waals surface area contributed by atoms with Crippen molar-refractivity contribution < 1.29 is 4.79 Å². The lowest BCUT2D eigenvalue weighted by Gasteiger charge is -2.38. The molecule has 1 unspecified atom stereocenters. The van der Waals surface area contributed by atoms with Gasteiger partial charge in [-0.15, -0.1) is 17.0 Å². The molecule has 1 heterocycles. The number of nitrogens with zero attached hydrogens (tertiary/aromatic N) is 2. The molecule has 6 heteroatoms. The van der Waals surface area contributed by atoms with Crippen molar-refractivity contribution in [2.45, 2.75) is 71.9 Å². The summed E-state index contributed by atoms with van der Waals surface area (Å²) in [5.41, 5.74) is 3.32. The summed E-state index contributed by atoms with van der Waals surface area (Å²) in [6.07, 6.45) is 7.35. The maximum Gasteiger partial charge on any atom is 0.182 e. The summed E-state index contributed by atoms with van der Waals surface area (Å²) in [5, 5.41) is 4.32. The van der Waals surface area contributed by atoms with Crippen molar-refractivity contribution in [2.24, 2.45) is 16.3 Å². The van der Waals surface area contributed by atoms with Gasteiger partial charge in [-0.25, -0.2) is 4.99 Å². The van der Waals surface area contributed by atoms with E-state index < -0.39 is 0 Å². The highest BCUT2D eigenvalue weighted by Crippen LogP contribution is 2.38. The highest BCUT2D eigenvalue weighted by atomic mass is 79.9. The van der Waals surface area contributed by atoms with Crippen LogP contribution in [0.15, 0.2) is 70.4 Å². The summed E-state index contributed by atoms with van der Waals surface area (Å²) in [6, 6.07) is 18.4. The topological polar surface area (TPSA) is 44.7 Å². The Hall–Kier alpha value is -2.11. The van der Waals surface area contributed by atoms with Gasteiger partial charge in [-0.05, 0) is 54.6 Å². The Labute approximate surface area is 232 Å². The molecule has 1 aliphatic heterocycles. The fourth-order valence-electron chi connectivity index (χ4n) is 5.28. The van der Waals surface area contributed by atoms with E-state index in [1.165, 1.54) is 12.8 Å². The second-order valence-corrected chi connectivity index (χ2v) is 11.4. The first-order valence-corrected chi connectivity index (χ1v) is 13.3. The Morgan fingerprint density at radius 2 is 1.61 bits per heavy atom. The molecule has 4 rings (SSSR count). The smallest absolute Gasteiger partial charge is 0.182 e. The number of carbonyl (C=O) groups excluding carboxylic acids is 1. The van der Waals surface area contributed by atoms with Crippen molar-refractivity contribution in [1.82, 2.24) is 10.2 Å². The lowest BCUT2D eigenvalue weighted by atomic mass is 9.71. The zero-order valence-electron chi connectivity index (χ0n) is 21.8. The van der Waals surface area contributed by atoms with Gasteiger partial charge in [0.25, 0.3) is 0 Å². The van der Waals surface area contributed by atoms with E-state index in [1.54, 1.807) is 6.34 Å². The Morgan fingerprint density at radius 1 is 1.00 bits per heavy atom. The minimum atomic E-state index is -0.0462. The standard InChI is InChI=1S/C30H38ClN3O.BrH/c1-5-26-28(31)29(33-25-17-15-24(16-18-25)30(2,3)4)32-20-34(26)19-27(35)23-13-11-22(12-14-23)21-9-7-6-8-10-21;/h6-14,20,24-26,33H,5,15-19H2,1-4H3;1H/t24-,25+,26?;. The van der Waals surface area contributed by atoms with E-state index in [-0.39, 0.29) is 35.4 Å². The van der Waals surface area contributed by atoms with Gasteiger partial charge in [-0.3, -0.25) is 4.79 Å². The van der Waals surface area contributed by atoms with Crippen LogP contribution in [0.2, 0.25) is 0 Å². The Bertz CT molecular complexity index is 1070. The molecule has 0 saturated heterocycles. The number of ketones is 1. The van der Waals surface area contributed by atoms with Crippen LogP contribution in [0.25, 0.3) is 11.1 Å². The van der Waals surface area contributed by atoms with Crippen LogP contribution in [0.5, 0.6) is 0 Å². The molecule has 2 aliphatic rings. The summed E-state index contributed by atoms with van der Waals surface area (Å²) in [5.74, 6) is 1.61. The molecule has 0 amide bonds. The van der Waals surface area contributed by atoms with Crippen LogP contribution in [0.3, 0.4) is 0 Å². The van der Waals surface area contributed by atoms with Crippen molar-refractivity contribution in [2.75, 3.05) is 6.54 Å². The van der Waals surface area contributed by atoms with Gasteiger partial charge in [0, 0.05) is 11.6 Å². The summed E-state index contributed by atoms with van der Waals surface area (Å²) >= 11 is 6.83. The molecule has 0 spiro atoms. The van der Waals surface area contributed by atoms with E-state index in [0.29, 0.717) is 22.1 Å². The third-order valence-electron chi connectivity index (χ3n) is 7.57. The first-order valence-electron chi connectivity index (χ1n) is 12.9. The summed E-state index contributed by atoms with van der Waals surface area (Å²) in [7, 11) is 0. The SMILES string of the molecule is Br.CCC1C(Cl)=C(N[C@H]2CC[C@@H](C(C)(C)C)CC2)N=CN1CC(=O)c1ccc(-c2ccccc2)cc1. The van der Waals surface area contributed by atoms with Crippen LogP contribution >= 0.6 is 28.6 Å². The van der Waals surface area contributed by atoms with Gasteiger partial charge < -0.3 is 10.2 Å². The van der Waals surface area contributed by atoms with Crippen molar-refractivity contribution in [3.8, 4) is 11.1 Å². The summed E-state index contributed by atoms with van der Waals surface area (Å²) < 4.78 is 0. The van der Waals surface area contributed by atoms with E-state index in [2.05, 4.69) is 50.1 Å². The van der Waals surface area contributed by atoms with Gasteiger partial charge in [0.2, 0.25) is 0 Å². The third-order valence-corrected chi connectivity index (χ3v) is 8.00. The molecule has 2 aromatic rings. The molecule has 4 nitrogen and oxygen atoms in total. The number of Topliss-reactive ketones (excluding diaryl/α,β-unsaturated/α-hetero) is 1. The average Bonchev–Trinajstić information content (AvgIpc) is 2.86. The van der Waals surface area contributed by atoms with E-state index in [9.17, 15) is 4.79 Å². The number of benzene rings is 2. The van der Waals surface area contributed by atoms with Gasteiger partial charge >= 0.3 is 0 Å². The Kier molecular flexibility index (Phi) is 9.82. The molecule has 0 aromatic heterocycles. The fraction of sp³-hybridized carbons (Fsp3) is 0.467. The predicted molar refractivity (Wildman–Crippen MR) is 157 cm³/mol. The normalized spacial score (nSPS) is 22.2. The number of aliphatic imine (C=N–C) groups is 1. The van der Waals surface area contributed by atoms with Crippen LogP contribution in [0.4, 0.5) is 0 Å². The number of rotatable bonds is 7. The molecule has 0 radical (unpaired) electrons. The number of carbonyl (C=O) groups is 1. The maximum atomic E-state index is 13.1. The molecule has 36 heavy (non-hydrogen) atoms. The van der Waals surface area contributed by atoms with Crippen LogP contribution in [-0.2, 0) is 0 Å². The molecule has 1 aliphatic carbocycles. The molecule has 194 valence electrons. The monoisotopic (exact) mass is 571 g/mol. The van der Waals surface area contributed by atoms with Crippen LogP contribution in [-0.4, -0.2) is 35.7 Å². The van der Waals surface area contributed by atoms with Gasteiger partial charge in [-0.1, -0.05) is 93.9 Å². The minimum Gasteiger partial charge on any atom is -0.366 e. The lowest BCUT2D eigenvalue weighted by Crippen LogP contribution is -2.43. The lowest BCUT2D eigenvalue weighted by molar-refractivity contribution is 0.0954. The molecule has 2 aromatic carbocycles.